The zero-order valence-corrected chi connectivity index (χ0v) is 19.9. The molecule has 0 saturated carbocycles. The molecule has 2 aliphatic heterocycles. The molecule has 178 valence electrons. The Morgan fingerprint density at radius 2 is 1.56 bits per heavy atom. The molecule has 0 radical (unpaired) electrons. The molecule has 0 atom stereocenters. The average Bonchev–Trinajstić information content (AvgIpc) is 2.89. The fourth-order valence-corrected chi connectivity index (χ4v) is 4.67. The normalized spacial score (nSPS) is 17.3. The van der Waals surface area contributed by atoms with E-state index in [1.807, 2.05) is 19.2 Å². The van der Waals surface area contributed by atoms with Gasteiger partial charge in [-0.1, -0.05) is 25.1 Å². The molecule has 0 unspecified atom stereocenters. The number of H-pyrrole nitrogens is 1. The van der Waals surface area contributed by atoms with Crippen LogP contribution in [0, 0.1) is 6.92 Å². The number of aromatic nitrogens is 4. The second-order valence-corrected chi connectivity index (χ2v) is 8.85. The Morgan fingerprint density at radius 3 is 2.24 bits per heavy atom. The molecule has 0 bridgehead atoms. The van der Waals surface area contributed by atoms with Crippen molar-refractivity contribution in [3.8, 4) is 11.3 Å². The molecule has 5 rings (SSSR count). The summed E-state index contributed by atoms with van der Waals surface area (Å²) in [6, 6.07) is 12.0. The Balaban J connectivity index is 1.32. The van der Waals surface area contributed by atoms with E-state index in [2.05, 4.69) is 60.8 Å². The third kappa shape index (κ3) is 4.75. The lowest BCUT2D eigenvalue weighted by molar-refractivity contribution is 0.270. The number of nitrogens with one attached hydrogen (secondary N) is 1. The number of likely N-dealkylation sites (N-methyl/N-ethyl adjacent to an activating group) is 1. The van der Waals surface area contributed by atoms with Crippen LogP contribution in [0.15, 0.2) is 47.4 Å². The van der Waals surface area contributed by atoms with Gasteiger partial charge in [-0.3, -0.25) is 9.78 Å². The third-order valence-corrected chi connectivity index (χ3v) is 6.77. The highest BCUT2D eigenvalue weighted by atomic mass is 16.1. The summed E-state index contributed by atoms with van der Waals surface area (Å²) in [6.45, 7) is 12.5. The van der Waals surface area contributed by atoms with E-state index in [9.17, 15) is 4.79 Å². The van der Waals surface area contributed by atoms with E-state index in [-0.39, 0.29) is 5.56 Å². The van der Waals surface area contributed by atoms with Gasteiger partial charge in [0, 0.05) is 75.9 Å². The molecule has 34 heavy (non-hydrogen) atoms. The average molecular weight is 461 g/mol. The van der Waals surface area contributed by atoms with Crippen LogP contribution in [0.4, 0.5) is 17.6 Å². The standard InChI is InChI=1S/C25H32N8O/c1-3-30-9-11-32(12-10-30)24-26-18-21(19(2)27-24)22-17-23(34)29-25(28-22)33-15-13-31(14-16-33)20-7-5-4-6-8-20/h4-8,17-18H,3,9-16H2,1-2H3,(H,28,29,34). The number of piperazine rings is 2. The predicted molar refractivity (Wildman–Crippen MR) is 136 cm³/mol. The SMILES string of the molecule is CCN1CCN(c2ncc(-c3cc(=O)[nH]c(N4CCN(c5ccccc5)CC4)n3)c(C)n2)CC1. The zero-order valence-electron chi connectivity index (χ0n) is 19.9. The summed E-state index contributed by atoms with van der Waals surface area (Å²) in [5.41, 5.74) is 3.31. The van der Waals surface area contributed by atoms with Crippen molar-refractivity contribution in [1.29, 1.82) is 0 Å². The Bertz CT molecular complexity index is 1170. The van der Waals surface area contributed by atoms with Gasteiger partial charge in [0.25, 0.3) is 5.56 Å². The fraction of sp³-hybridized carbons (Fsp3) is 0.440. The first-order valence-corrected chi connectivity index (χ1v) is 12.1. The predicted octanol–water partition coefficient (Wildman–Crippen LogP) is 2.00. The molecule has 2 aromatic heterocycles. The van der Waals surface area contributed by atoms with Gasteiger partial charge in [-0.05, 0) is 25.6 Å². The lowest BCUT2D eigenvalue weighted by Crippen LogP contribution is -2.47. The van der Waals surface area contributed by atoms with Gasteiger partial charge in [0.2, 0.25) is 11.9 Å². The quantitative estimate of drug-likeness (QED) is 0.619. The maximum atomic E-state index is 12.5. The first-order valence-electron chi connectivity index (χ1n) is 12.1. The van der Waals surface area contributed by atoms with Gasteiger partial charge in [-0.25, -0.2) is 15.0 Å². The van der Waals surface area contributed by atoms with Crippen LogP contribution in [0.2, 0.25) is 0 Å². The second-order valence-electron chi connectivity index (χ2n) is 8.85. The summed E-state index contributed by atoms with van der Waals surface area (Å²) in [6.07, 6.45) is 1.81. The highest BCUT2D eigenvalue weighted by Crippen LogP contribution is 2.23. The molecule has 3 aromatic rings. The highest BCUT2D eigenvalue weighted by Gasteiger charge is 2.21. The number of benzene rings is 1. The number of nitrogens with zero attached hydrogens (tertiary/aromatic N) is 7. The summed E-state index contributed by atoms with van der Waals surface area (Å²) in [7, 11) is 0. The Morgan fingerprint density at radius 1 is 0.882 bits per heavy atom. The van der Waals surface area contributed by atoms with E-state index < -0.39 is 0 Å². The number of aromatic amines is 1. The van der Waals surface area contributed by atoms with Crippen molar-refractivity contribution >= 4 is 17.6 Å². The van der Waals surface area contributed by atoms with Gasteiger partial charge < -0.3 is 19.6 Å². The smallest absolute Gasteiger partial charge is 0.252 e. The molecule has 0 aliphatic carbocycles. The van der Waals surface area contributed by atoms with Crippen molar-refractivity contribution in [2.24, 2.45) is 0 Å². The largest absolute Gasteiger partial charge is 0.368 e. The minimum atomic E-state index is -0.162. The van der Waals surface area contributed by atoms with Crippen LogP contribution in [-0.4, -0.2) is 83.7 Å². The van der Waals surface area contributed by atoms with E-state index in [0.717, 1.165) is 76.1 Å². The molecule has 2 aliphatic rings. The van der Waals surface area contributed by atoms with Crippen LogP contribution in [-0.2, 0) is 0 Å². The molecule has 0 spiro atoms. The van der Waals surface area contributed by atoms with Crippen molar-refractivity contribution in [3.63, 3.8) is 0 Å². The van der Waals surface area contributed by atoms with Crippen LogP contribution < -0.4 is 20.3 Å². The van der Waals surface area contributed by atoms with Gasteiger partial charge in [0.15, 0.2) is 0 Å². The van der Waals surface area contributed by atoms with Gasteiger partial charge >= 0.3 is 0 Å². The minimum absolute atomic E-state index is 0.162. The van der Waals surface area contributed by atoms with E-state index in [1.54, 1.807) is 0 Å². The summed E-state index contributed by atoms with van der Waals surface area (Å²) >= 11 is 0. The molecular weight excluding hydrogens is 428 g/mol. The summed E-state index contributed by atoms with van der Waals surface area (Å²) in [5.74, 6) is 1.36. The minimum Gasteiger partial charge on any atom is -0.368 e. The molecule has 9 nitrogen and oxygen atoms in total. The molecule has 1 aromatic carbocycles. The molecule has 9 heteroatoms. The summed E-state index contributed by atoms with van der Waals surface area (Å²) < 4.78 is 0. The van der Waals surface area contributed by atoms with E-state index in [1.165, 1.54) is 11.8 Å². The van der Waals surface area contributed by atoms with Crippen molar-refractivity contribution in [2.75, 3.05) is 73.6 Å². The van der Waals surface area contributed by atoms with Gasteiger partial charge in [-0.2, -0.15) is 0 Å². The number of hydrogen-bond donors (Lipinski definition) is 1. The lowest BCUT2D eigenvalue weighted by atomic mass is 10.1. The molecular formula is C25H32N8O. The van der Waals surface area contributed by atoms with E-state index >= 15 is 0 Å². The zero-order chi connectivity index (χ0) is 23.5. The van der Waals surface area contributed by atoms with Crippen molar-refractivity contribution in [2.45, 2.75) is 13.8 Å². The molecule has 1 N–H and O–H groups in total. The number of para-hydroxylation sites is 1. The Hall–Kier alpha value is -3.46. The van der Waals surface area contributed by atoms with Crippen LogP contribution in [0.1, 0.15) is 12.6 Å². The molecule has 2 saturated heterocycles. The van der Waals surface area contributed by atoms with Crippen LogP contribution in [0.25, 0.3) is 11.3 Å². The Labute approximate surface area is 200 Å². The maximum absolute atomic E-state index is 12.5. The first kappa shape index (κ1) is 22.3. The highest BCUT2D eigenvalue weighted by molar-refractivity contribution is 5.63. The third-order valence-electron chi connectivity index (χ3n) is 6.77. The lowest BCUT2D eigenvalue weighted by Gasteiger charge is -2.36. The molecule has 0 amide bonds. The summed E-state index contributed by atoms with van der Waals surface area (Å²) in [4.78, 5) is 38.8. The van der Waals surface area contributed by atoms with E-state index in [4.69, 9.17) is 9.97 Å². The number of anilines is 3. The topological polar surface area (TPSA) is 84.5 Å². The number of hydrogen-bond acceptors (Lipinski definition) is 8. The molecule has 2 fully saturated rings. The van der Waals surface area contributed by atoms with Gasteiger partial charge in [0.05, 0.1) is 11.4 Å². The monoisotopic (exact) mass is 460 g/mol. The van der Waals surface area contributed by atoms with Gasteiger partial charge in [0.1, 0.15) is 0 Å². The number of aryl methyl sites for hydroxylation is 1. The number of rotatable bonds is 5. The summed E-state index contributed by atoms with van der Waals surface area (Å²) in [5, 5.41) is 0. The van der Waals surface area contributed by atoms with E-state index in [0.29, 0.717) is 11.6 Å². The van der Waals surface area contributed by atoms with Crippen LogP contribution in [0.3, 0.4) is 0 Å². The van der Waals surface area contributed by atoms with Crippen LogP contribution in [0.5, 0.6) is 0 Å². The van der Waals surface area contributed by atoms with Crippen LogP contribution >= 0.6 is 0 Å². The van der Waals surface area contributed by atoms with Crippen molar-refractivity contribution in [1.82, 2.24) is 24.8 Å². The molecule has 4 heterocycles. The second kappa shape index (κ2) is 9.80. The van der Waals surface area contributed by atoms with Gasteiger partial charge in [-0.15, -0.1) is 0 Å². The maximum Gasteiger partial charge on any atom is 0.252 e. The fourth-order valence-electron chi connectivity index (χ4n) is 4.67. The first-order chi connectivity index (χ1) is 16.6. The Kier molecular flexibility index (Phi) is 6.44. The van der Waals surface area contributed by atoms with Crippen molar-refractivity contribution in [3.05, 3.63) is 58.6 Å². The van der Waals surface area contributed by atoms with Crippen molar-refractivity contribution < 1.29 is 0 Å².